The number of nitrogens with zero attached hydrogens (tertiary/aromatic N) is 3. The lowest BCUT2D eigenvalue weighted by Crippen LogP contribution is -2.28. The van der Waals surface area contributed by atoms with Gasteiger partial charge in [0, 0.05) is 11.9 Å². The summed E-state index contributed by atoms with van der Waals surface area (Å²) in [4.78, 5) is 0.684. The van der Waals surface area contributed by atoms with Crippen molar-refractivity contribution in [2.24, 2.45) is 7.05 Å². The van der Waals surface area contributed by atoms with Gasteiger partial charge in [-0.05, 0) is 28.9 Å². The van der Waals surface area contributed by atoms with Crippen LogP contribution in [0, 0.1) is 0 Å². The van der Waals surface area contributed by atoms with E-state index in [1.54, 1.807) is 18.5 Å². The average molecular weight is 381 g/mol. The Bertz CT molecular complexity index is 710. The van der Waals surface area contributed by atoms with E-state index in [0.29, 0.717) is 14.5 Å². The van der Waals surface area contributed by atoms with E-state index < -0.39 is 16.1 Å². The summed E-state index contributed by atoms with van der Waals surface area (Å²) in [5.41, 5.74) is 0. The van der Waals surface area contributed by atoms with Gasteiger partial charge in [0.05, 0.1) is 16.4 Å². The Morgan fingerprint density at radius 3 is 2.80 bits per heavy atom. The number of hydrogen-bond donors (Lipinski definition) is 2. The highest BCUT2D eigenvalue weighted by Crippen LogP contribution is 2.32. The van der Waals surface area contributed by atoms with Crippen molar-refractivity contribution in [3.63, 3.8) is 0 Å². The highest BCUT2D eigenvalue weighted by molar-refractivity contribution is 9.11. The quantitative estimate of drug-likeness (QED) is 0.811. The van der Waals surface area contributed by atoms with E-state index in [2.05, 4.69) is 30.8 Å². The van der Waals surface area contributed by atoms with Crippen molar-refractivity contribution in [2.75, 3.05) is 0 Å². The van der Waals surface area contributed by atoms with Gasteiger partial charge in [-0.3, -0.25) is 0 Å². The van der Waals surface area contributed by atoms with Gasteiger partial charge < -0.3 is 9.67 Å². The van der Waals surface area contributed by atoms with Crippen LogP contribution < -0.4 is 4.72 Å². The van der Waals surface area contributed by atoms with Crippen LogP contribution in [0.25, 0.3) is 0 Å². The largest absolute Gasteiger partial charge is 0.391 e. The zero-order valence-electron chi connectivity index (χ0n) is 10.7. The molecule has 7 nitrogen and oxygen atoms in total. The minimum atomic E-state index is -3.70. The fourth-order valence-electron chi connectivity index (χ4n) is 1.69. The van der Waals surface area contributed by atoms with Gasteiger partial charge >= 0.3 is 0 Å². The molecule has 0 fully saturated rings. The lowest BCUT2D eigenvalue weighted by Gasteiger charge is -2.12. The van der Waals surface area contributed by atoms with Crippen molar-refractivity contribution in [1.82, 2.24) is 19.5 Å². The molecule has 0 amide bonds. The lowest BCUT2D eigenvalue weighted by molar-refractivity contribution is 0.285. The molecule has 2 N–H and O–H groups in total. The number of aromatic nitrogens is 3. The van der Waals surface area contributed by atoms with Crippen LogP contribution in [0.4, 0.5) is 0 Å². The van der Waals surface area contributed by atoms with Crippen molar-refractivity contribution < 1.29 is 13.5 Å². The molecule has 0 aliphatic carbocycles. The molecule has 110 valence electrons. The van der Waals surface area contributed by atoms with E-state index in [4.69, 9.17) is 5.11 Å². The van der Waals surface area contributed by atoms with Crippen LogP contribution in [0.5, 0.6) is 0 Å². The van der Waals surface area contributed by atoms with Gasteiger partial charge in [0.15, 0.2) is 0 Å². The van der Waals surface area contributed by atoms with Crippen LogP contribution in [0.3, 0.4) is 0 Å². The number of nitrogens with one attached hydrogen (secondary N) is 1. The van der Waals surface area contributed by atoms with Gasteiger partial charge in [-0.2, -0.15) is 0 Å². The summed E-state index contributed by atoms with van der Waals surface area (Å²) in [5, 5.41) is 16.7. The van der Waals surface area contributed by atoms with Crippen LogP contribution in [0.15, 0.2) is 21.1 Å². The number of halogens is 1. The van der Waals surface area contributed by atoms with Crippen LogP contribution in [-0.2, 0) is 23.7 Å². The summed E-state index contributed by atoms with van der Waals surface area (Å²) < 4.78 is 29.3. The molecule has 0 radical (unpaired) electrons. The van der Waals surface area contributed by atoms with Gasteiger partial charge in [0.2, 0.25) is 10.0 Å². The highest BCUT2D eigenvalue weighted by Gasteiger charge is 2.25. The standard InChI is InChI=1S/C10H13BrN4O3S2/c1-6(10-13-12-5-15(10)2)14-20(17,18)8-3-7(4-16)19-9(8)11/h3,5-6,14,16H,4H2,1-2H3. The predicted molar refractivity (Wildman–Crippen MR) is 77.7 cm³/mol. The summed E-state index contributed by atoms with van der Waals surface area (Å²) in [6.45, 7) is 1.49. The van der Waals surface area contributed by atoms with E-state index in [-0.39, 0.29) is 11.5 Å². The van der Waals surface area contributed by atoms with E-state index >= 15 is 0 Å². The smallest absolute Gasteiger partial charge is 0.243 e. The number of rotatable bonds is 5. The molecule has 0 aromatic carbocycles. The molecule has 2 aromatic heterocycles. The molecular weight excluding hydrogens is 368 g/mol. The summed E-state index contributed by atoms with van der Waals surface area (Å²) >= 11 is 4.39. The summed E-state index contributed by atoms with van der Waals surface area (Å²) in [5.74, 6) is 0.516. The minimum Gasteiger partial charge on any atom is -0.391 e. The van der Waals surface area contributed by atoms with Crippen LogP contribution >= 0.6 is 27.3 Å². The maximum atomic E-state index is 12.3. The number of hydrogen-bond acceptors (Lipinski definition) is 6. The third kappa shape index (κ3) is 3.09. The van der Waals surface area contributed by atoms with Crippen LogP contribution in [0.1, 0.15) is 23.7 Å². The van der Waals surface area contributed by atoms with E-state index in [1.807, 2.05) is 0 Å². The summed E-state index contributed by atoms with van der Waals surface area (Å²) in [7, 11) is -1.96. The molecule has 2 heterocycles. The molecule has 20 heavy (non-hydrogen) atoms. The zero-order valence-corrected chi connectivity index (χ0v) is 14.0. The number of aliphatic hydroxyl groups excluding tert-OH is 1. The third-order valence-electron chi connectivity index (χ3n) is 2.62. The lowest BCUT2D eigenvalue weighted by atomic mass is 10.3. The second-order valence-corrected chi connectivity index (χ2v) is 8.29. The fourth-order valence-corrected chi connectivity index (χ4v) is 5.44. The van der Waals surface area contributed by atoms with Gasteiger partial charge in [-0.25, -0.2) is 13.1 Å². The molecule has 2 aromatic rings. The number of aryl methyl sites for hydroxylation is 1. The molecule has 1 atom stereocenters. The third-order valence-corrected chi connectivity index (χ3v) is 6.40. The van der Waals surface area contributed by atoms with Gasteiger partial charge in [0.25, 0.3) is 0 Å². The van der Waals surface area contributed by atoms with E-state index in [9.17, 15) is 8.42 Å². The SMILES string of the molecule is CC(NS(=O)(=O)c1cc(CO)sc1Br)c1nncn1C. The molecule has 2 rings (SSSR count). The monoisotopic (exact) mass is 380 g/mol. The van der Waals surface area contributed by atoms with Crippen molar-refractivity contribution in [1.29, 1.82) is 0 Å². The molecule has 0 saturated heterocycles. The maximum absolute atomic E-state index is 12.3. The van der Waals surface area contributed by atoms with Crippen LogP contribution in [-0.4, -0.2) is 28.3 Å². The maximum Gasteiger partial charge on any atom is 0.243 e. The molecule has 10 heteroatoms. The van der Waals surface area contributed by atoms with Gasteiger partial charge in [0.1, 0.15) is 17.0 Å². The molecule has 0 spiro atoms. The summed E-state index contributed by atoms with van der Waals surface area (Å²) in [6.07, 6.45) is 1.50. The molecular formula is C10H13BrN4O3S2. The number of thiophene rings is 1. The first-order valence-corrected chi connectivity index (χ1v) is 8.69. The van der Waals surface area contributed by atoms with Crippen LogP contribution in [0.2, 0.25) is 0 Å². The van der Waals surface area contributed by atoms with Gasteiger partial charge in [-0.15, -0.1) is 21.5 Å². The number of sulfonamides is 1. The predicted octanol–water partition coefficient (Wildman–Crippen LogP) is 1.17. The Labute approximate surface area is 128 Å². The topological polar surface area (TPSA) is 97.1 Å². The van der Waals surface area contributed by atoms with Crippen molar-refractivity contribution in [3.8, 4) is 0 Å². The first kappa shape index (κ1) is 15.6. The summed E-state index contributed by atoms with van der Waals surface area (Å²) in [6, 6.07) is 0.928. The molecule has 0 aliphatic rings. The normalized spacial score (nSPS) is 13.6. The van der Waals surface area contributed by atoms with Crippen molar-refractivity contribution >= 4 is 37.3 Å². The zero-order chi connectivity index (χ0) is 14.9. The van der Waals surface area contributed by atoms with E-state index in [1.165, 1.54) is 23.7 Å². The highest BCUT2D eigenvalue weighted by atomic mass is 79.9. The fraction of sp³-hybridized carbons (Fsp3) is 0.400. The van der Waals surface area contributed by atoms with E-state index in [0.717, 1.165) is 0 Å². The molecule has 0 aliphatic heterocycles. The number of aliphatic hydroxyl groups is 1. The Morgan fingerprint density at radius 2 is 2.30 bits per heavy atom. The Balaban J connectivity index is 2.27. The Hall–Kier alpha value is -0.810. The second-order valence-electron chi connectivity index (χ2n) is 4.15. The first-order valence-electron chi connectivity index (χ1n) is 5.60. The Kier molecular flexibility index (Phi) is 4.59. The second kappa shape index (κ2) is 5.90. The van der Waals surface area contributed by atoms with Crippen molar-refractivity contribution in [2.45, 2.75) is 24.5 Å². The van der Waals surface area contributed by atoms with Gasteiger partial charge in [-0.1, -0.05) is 0 Å². The first-order chi connectivity index (χ1) is 9.35. The molecule has 1 unspecified atom stereocenters. The average Bonchev–Trinajstić information content (AvgIpc) is 2.94. The minimum absolute atomic E-state index is 0.112. The molecule has 0 saturated carbocycles. The molecule has 0 bridgehead atoms. The van der Waals surface area contributed by atoms with Crippen molar-refractivity contribution in [3.05, 3.63) is 26.9 Å². The Morgan fingerprint density at radius 1 is 1.60 bits per heavy atom.